The molecule has 1 aliphatic heterocycles. The van der Waals surface area contributed by atoms with Gasteiger partial charge in [-0.05, 0) is 19.8 Å². The Morgan fingerprint density at radius 3 is 2.87 bits per heavy atom. The highest BCUT2D eigenvalue weighted by Gasteiger charge is 2.33. The summed E-state index contributed by atoms with van der Waals surface area (Å²) in [6.07, 6.45) is 1.82. The van der Waals surface area contributed by atoms with Gasteiger partial charge in [0, 0.05) is 42.7 Å². The smallest absolute Gasteiger partial charge is 0.123 e. The van der Waals surface area contributed by atoms with Gasteiger partial charge in [-0.1, -0.05) is 29.8 Å². The Morgan fingerprint density at radius 2 is 2.17 bits per heavy atom. The van der Waals surface area contributed by atoms with E-state index >= 15 is 0 Å². The molecule has 0 bridgehead atoms. The van der Waals surface area contributed by atoms with Crippen molar-refractivity contribution < 1.29 is 9.84 Å². The highest BCUT2D eigenvalue weighted by atomic mass is 32.1. The predicted molar refractivity (Wildman–Crippen MR) is 93.6 cm³/mol. The summed E-state index contributed by atoms with van der Waals surface area (Å²) in [5.41, 5.74) is 3.60. The zero-order valence-electron chi connectivity index (χ0n) is 13.5. The van der Waals surface area contributed by atoms with Crippen molar-refractivity contribution in [2.45, 2.75) is 26.3 Å². The number of aryl methyl sites for hydroxylation is 1. The van der Waals surface area contributed by atoms with Crippen LogP contribution in [0.15, 0.2) is 29.6 Å². The van der Waals surface area contributed by atoms with Crippen LogP contribution in [0.25, 0.3) is 10.6 Å². The fourth-order valence-electron chi connectivity index (χ4n) is 2.98. The molecular weight excluding hydrogens is 308 g/mol. The maximum absolute atomic E-state index is 9.26. The van der Waals surface area contributed by atoms with Crippen molar-refractivity contribution in [1.82, 2.24) is 10.3 Å². The van der Waals surface area contributed by atoms with Gasteiger partial charge in [-0.25, -0.2) is 4.98 Å². The van der Waals surface area contributed by atoms with Crippen LogP contribution in [0.2, 0.25) is 0 Å². The molecule has 1 fully saturated rings. The first-order valence-electron chi connectivity index (χ1n) is 8.12. The average Bonchev–Trinajstić information content (AvgIpc) is 3.19. The van der Waals surface area contributed by atoms with Gasteiger partial charge in [0.2, 0.25) is 0 Å². The van der Waals surface area contributed by atoms with Crippen molar-refractivity contribution in [3.05, 3.63) is 40.9 Å². The van der Waals surface area contributed by atoms with E-state index in [0.29, 0.717) is 0 Å². The van der Waals surface area contributed by atoms with Crippen LogP contribution in [-0.4, -0.2) is 36.5 Å². The normalized spacial score (nSPS) is 21.0. The number of ether oxygens (including phenoxy) is 1. The van der Waals surface area contributed by atoms with Gasteiger partial charge in [0.05, 0.1) is 12.3 Å². The summed E-state index contributed by atoms with van der Waals surface area (Å²) in [7, 11) is 0. The van der Waals surface area contributed by atoms with Gasteiger partial charge in [-0.15, -0.1) is 11.3 Å². The topological polar surface area (TPSA) is 54.4 Å². The summed E-state index contributed by atoms with van der Waals surface area (Å²) >= 11 is 1.68. The van der Waals surface area contributed by atoms with Crippen LogP contribution in [0.3, 0.4) is 0 Å². The third-order valence-corrected chi connectivity index (χ3v) is 5.42. The molecule has 4 nitrogen and oxygen atoms in total. The van der Waals surface area contributed by atoms with Crippen LogP contribution in [-0.2, 0) is 11.3 Å². The first-order valence-corrected chi connectivity index (χ1v) is 9.00. The van der Waals surface area contributed by atoms with E-state index in [1.807, 2.05) is 0 Å². The molecule has 23 heavy (non-hydrogen) atoms. The van der Waals surface area contributed by atoms with Crippen LogP contribution in [0, 0.1) is 12.3 Å². The molecule has 1 unspecified atom stereocenters. The molecule has 0 spiro atoms. The molecule has 1 saturated heterocycles. The van der Waals surface area contributed by atoms with E-state index < -0.39 is 0 Å². The fraction of sp³-hybridized carbons (Fsp3) is 0.500. The summed E-state index contributed by atoms with van der Waals surface area (Å²) in [6.45, 7) is 5.48. The third kappa shape index (κ3) is 4.18. The average molecular weight is 332 g/mol. The number of benzene rings is 1. The van der Waals surface area contributed by atoms with Gasteiger partial charge in [-0.3, -0.25) is 0 Å². The number of hydrogen-bond donors (Lipinski definition) is 2. The van der Waals surface area contributed by atoms with Gasteiger partial charge in [0.15, 0.2) is 0 Å². The zero-order valence-corrected chi connectivity index (χ0v) is 14.4. The summed E-state index contributed by atoms with van der Waals surface area (Å²) in [5.74, 6) is 0. The Labute approximate surface area is 141 Å². The molecule has 1 aromatic heterocycles. The Hall–Kier alpha value is -1.27. The van der Waals surface area contributed by atoms with Crippen molar-refractivity contribution in [3.8, 4) is 10.6 Å². The van der Waals surface area contributed by atoms with E-state index in [9.17, 15) is 5.11 Å². The first kappa shape index (κ1) is 16.6. The predicted octanol–water partition coefficient (Wildman–Crippen LogP) is 3.00. The standard InChI is InChI=1S/C18H24N2O2S/c1-14-2-4-15(5-3-14)17-20-16(11-23-17)10-19-12-18(6-8-21)7-9-22-13-18/h2-5,11,19,21H,6-10,12-13H2,1H3. The molecule has 2 aromatic rings. The minimum atomic E-state index is 0.0879. The lowest BCUT2D eigenvalue weighted by Gasteiger charge is -2.26. The number of aliphatic hydroxyl groups excluding tert-OH is 1. The quantitative estimate of drug-likeness (QED) is 0.818. The molecule has 2 N–H and O–H groups in total. The van der Waals surface area contributed by atoms with Gasteiger partial charge in [0.25, 0.3) is 0 Å². The molecule has 2 heterocycles. The molecule has 0 saturated carbocycles. The number of nitrogens with one attached hydrogen (secondary N) is 1. The SMILES string of the molecule is Cc1ccc(-c2nc(CNCC3(CCO)CCOC3)cs2)cc1. The van der Waals surface area contributed by atoms with Crippen LogP contribution < -0.4 is 5.32 Å². The molecule has 3 rings (SSSR count). The van der Waals surface area contributed by atoms with Crippen molar-refractivity contribution in [2.75, 3.05) is 26.4 Å². The number of nitrogens with zero attached hydrogens (tertiary/aromatic N) is 1. The first-order chi connectivity index (χ1) is 11.2. The van der Waals surface area contributed by atoms with E-state index in [1.165, 1.54) is 11.1 Å². The van der Waals surface area contributed by atoms with Gasteiger partial charge in [0.1, 0.15) is 5.01 Å². The Bertz CT molecular complexity index is 618. The molecule has 5 heteroatoms. The van der Waals surface area contributed by atoms with Crippen molar-refractivity contribution in [1.29, 1.82) is 0 Å². The number of aliphatic hydroxyl groups is 1. The highest BCUT2D eigenvalue weighted by molar-refractivity contribution is 7.13. The lowest BCUT2D eigenvalue weighted by Crippen LogP contribution is -2.35. The van der Waals surface area contributed by atoms with Crippen molar-refractivity contribution >= 4 is 11.3 Å². The zero-order chi connectivity index (χ0) is 16.1. The van der Waals surface area contributed by atoms with E-state index in [-0.39, 0.29) is 12.0 Å². The largest absolute Gasteiger partial charge is 0.396 e. The Balaban J connectivity index is 1.56. The van der Waals surface area contributed by atoms with E-state index in [2.05, 4.69) is 41.9 Å². The third-order valence-electron chi connectivity index (χ3n) is 4.48. The number of aromatic nitrogens is 1. The monoisotopic (exact) mass is 332 g/mol. The number of hydrogen-bond acceptors (Lipinski definition) is 5. The summed E-state index contributed by atoms with van der Waals surface area (Å²) in [6, 6.07) is 8.48. The maximum atomic E-state index is 9.26. The van der Waals surface area contributed by atoms with Crippen molar-refractivity contribution in [3.63, 3.8) is 0 Å². The fourth-order valence-corrected chi connectivity index (χ4v) is 3.81. The molecule has 1 aliphatic rings. The lowest BCUT2D eigenvalue weighted by atomic mass is 9.84. The van der Waals surface area contributed by atoms with Crippen molar-refractivity contribution in [2.24, 2.45) is 5.41 Å². The Morgan fingerprint density at radius 1 is 1.35 bits per heavy atom. The summed E-state index contributed by atoms with van der Waals surface area (Å²) in [4.78, 5) is 4.72. The Kier molecular flexibility index (Phi) is 5.43. The van der Waals surface area contributed by atoms with Gasteiger partial charge < -0.3 is 15.2 Å². The van der Waals surface area contributed by atoms with Crippen LogP contribution in [0.1, 0.15) is 24.1 Å². The van der Waals surface area contributed by atoms with E-state index in [0.717, 1.165) is 49.8 Å². The van der Waals surface area contributed by atoms with E-state index in [4.69, 9.17) is 9.72 Å². The number of rotatable bonds is 7. The second-order valence-electron chi connectivity index (χ2n) is 6.39. The highest BCUT2D eigenvalue weighted by Crippen LogP contribution is 2.31. The summed E-state index contributed by atoms with van der Waals surface area (Å²) in [5, 5.41) is 15.9. The van der Waals surface area contributed by atoms with Gasteiger partial charge >= 0.3 is 0 Å². The van der Waals surface area contributed by atoms with Crippen LogP contribution in [0.5, 0.6) is 0 Å². The minimum absolute atomic E-state index is 0.0879. The molecule has 0 radical (unpaired) electrons. The second-order valence-corrected chi connectivity index (χ2v) is 7.25. The molecule has 0 aliphatic carbocycles. The molecular formula is C18H24N2O2S. The van der Waals surface area contributed by atoms with Crippen LogP contribution in [0.4, 0.5) is 0 Å². The molecule has 1 aromatic carbocycles. The molecule has 1 atom stereocenters. The maximum Gasteiger partial charge on any atom is 0.123 e. The minimum Gasteiger partial charge on any atom is -0.396 e. The lowest BCUT2D eigenvalue weighted by molar-refractivity contribution is 0.124. The summed E-state index contributed by atoms with van der Waals surface area (Å²) < 4.78 is 5.52. The molecule has 124 valence electrons. The number of thiazole rings is 1. The van der Waals surface area contributed by atoms with E-state index in [1.54, 1.807) is 11.3 Å². The molecule has 0 amide bonds. The van der Waals surface area contributed by atoms with Gasteiger partial charge in [-0.2, -0.15) is 0 Å². The van der Waals surface area contributed by atoms with Crippen LogP contribution >= 0.6 is 11.3 Å². The second kappa shape index (κ2) is 7.53.